The molecule has 0 bridgehead atoms. The van der Waals surface area contributed by atoms with Gasteiger partial charge in [0.25, 0.3) is 0 Å². The second kappa shape index (κ2) is 6.68. The van der Waals surface area contributed by atoms with Crippen LogP contribution in [0.1, 0.15) is 30.1 Å². The van der Waals surface area contributed by atoms with Crippen LogP contribution in [0, 0.1) is 0 Å². The van der Waals surface area contributed by atoms with Crippen LogP contribution in [0.2, 0.25) is 0 Å². The lowest BCUT2D eigenvalue weighted by Gasteiger charge is -2.07. The Morgan fingerprint density at radius 3 is 2.63 bits per heavy atom. The van der Waals surface area contributed by atoms with E-state index < -0.39 is 0 Å². The number of aliphatic hydroxyl groups is 1. The van der Waals surface area contributed by atoms with E-state index in [1.54, 1.807) is 18.3 Å². The highest BCUT2D eigenvalue weighted by atomic mass is 32.1. The largest absolute Gasteiger partial charge is 0.487 e. The van der Waals surface area contributed by atoms with Crippen LogP contribution >= 0.6 is 11.3 Å². The number of thiazole rings is 1. The molecule has 0 fully saturated rings. The SMILES string of the molecule is CCc1nc(COc2ccc(CC(C)O)cc2)cs1. The van der Waals surface area contributed by atoms with E-state index in [0.29, 0.717) is 13.0 Å². The number of ether oxygens (including phenoxy) is 1. The van der Waals surface area contributed by atoms with Gasteiger partial charge in [-0.15, -0.1) is 11.3 Å². The van der Waals surface area contributed by atoms with Crippen LogP contribution in [0.3, 0.4) is 0 Å². The zero-order valence-electron chi connectivity index (χ0n) is 11.3. The van der Waals surface area contributed by atoms with Gasteiger partial charge < -0.3 is 9.84 Å². The van der Waals surface area contributed by atoms with Gasteiger partial charge in [0.2, 0.25) is 0 Å². The topological polar surface area (TPSA) is 42.4 Å². The molecule has 2 rings (SSSR count). The minimum atomic E-state index is -0.311. The van der Waals surface area contributed by atoms with Crippen LogP contribution in [0.5, 0.6) is 5.75 Å². The summed E-state index contributed by atoms with van der Waals surface area (Å²) in [5, 5.41) is 12.5. The summed E-state index contributed by atoms with van der Waals surface area (Å²) in [6.07, 6.45) is 1.33. The molecule has 0 aliphatic heterocycles. The van der Waals surface area contributed by atoms with Crippen LogP contribution in [-0.4, -0.2) is 16.2 Å². The number of nitrogens with zero attached hydrogens (tertiary/aromatic N) is 1. The van der Waals surface area contributed by atoms with Gasteiger partial charge in [-0.3, -0.25) is 0 Å². The molecule has 0 amide bonds. The van der Waals surface area contributed by atoms with Crippen molar-refractivity contribution >= 4 is 11.3 Å². The molecule has 0 aliphatic carbocycles. The van der Waals surface area contributed by atoms with Crippen molar-refractivity contribution in [2.75, 3.05) is 0 Å². The zero-order chi connectivity index (χ0) is 13.7. The molecule has 19 heavy (non-hydrogen) atoms. The molecule has 1 aromatic carbocycles. The molecule has 1 N–H and O–H groups in total. The maximum atomic E-state index is 9.31. The monoisotopic (exact) mass is 277 g/mol. The van der Waals surface area contributed by atoms with Crippen molar-refractivity contribution in [3.05, 3.63) is 45.9 Å². The van der Waals surface area contributed by atoms with Gasteiger partial charge >= 0.3 is 0 Å². The maximum Gasteiger partial charge on any atom is 0.131 e. The van der Waals surface area contributed by atoms with Gasteiger partial charge in [0.1, 0.15) is 12.4 Å². The van der Waals surface area contributed by atoms with Crippen molar-refractivity contribution in [1.82, 2.24) is 4.98 Å². The Labute approximate surface area is 117 Å². The van der Waals surface area contributed by atoms with Crippen LogP contribution in [0.25, 0.3) is 0 Å². The summed E-state index contributed by atoms with van der Waals surface area (Å²) in [5.74, 6) is 0.834. The molecular formula is C15H19NO2S. The standard InChI is InChI=1S/C15H19NO2S/c1-3-15-16-13(10-19-15)9-18-14-6-4-12(5-7-14)8-11(2)17/h4-7,10-11,17H,3,8-9H2,1-2H3. The Morgan fingerprint density at radius 1 is 1.32 bits per heavy atom. The van der Waals surface area contributed by atoms with Crippen molar-refractivity contribution in [2.24, 2.45) is 0 Å². The minimum absolute atomic E-state index is 0.311. The van der Waals surface area contributed by atoms with E-state index in [0.717, 1.165) is 28.4 Å². The second-order valence-corrected chi connectivity index (χ2v) is 5.51. The van der Waals surface area contributed by atoms with E-state index in [9.17, 15) is 5.11 Å². The first-order chi connectivity index (χ1) is 9.17. The summed E-state index contributed by atoms with van der Waals surface area (Å²) in [6.45, 7) is 4.40. The molecule has 102 valence electrons. The molecule has 0 aliphatic rings. The lowest BCUT2D eigenvalue weighted by molar-refractivity contribution is 0.195. The summed E-state index contributed by atoms with van der Waals surface area (Å²) >= 11 is 1.68. The Balaban J connectivity index is 1.89. The fourth-order valence-corrected chi connectivity index (χ4v) is 2.53. The predicted octanol–water partition coefficient (Wildman–Crippen LogP) is 3.21. The molecule has 1 atom stereocenters. The van der Waals surface area contributed by atoms with Crippen LogP contribution in [0.15, 0.2) is 29.6 Å². The van der Waals surface area contributed by atoms with Crippen LogP contribution in [0.4, 0.5) is 0 Å². The predicted molar refractivity (Wildman–Crippen MR) is 77.7 cm³/mol. The summed E-state index contributed by atoms with van der Waals surface area (Å²) in [4.78, 5) is 4.46. The molecular weight excluding hydrogens is 258 g/mol. The van der Waals surface area contributed by atoms with Gasteiger partial charge in [0.05, 0.1) is 16.8 Å². The van der Waals surface area contributed by atoms with E-state index >= 15 is 0 Å². The summed E-state index contributed by atoms with van der Waals surface area (Å²) in [7, 11) is 0. The fraction of sp³-hybridized carbons (Fsp3) is 0.400. The van der Waals surface area contributed by atoms with Gasteiger partial charge in [-0.1, -0.05) is 19.1 Å². The lowest BCUT2D eigenvalue weighted by Crippen LogP contribution is -2.04. The van der Waals surface area contributed by atoms with Crippen molar-refractivity contribution in [2.45, 2.75) is 39.4 Å². The number of aryl methyl sites for hydroxylation is 1. The number of benzene rings is 1. The number of aromatic nitrogens is 1. The van der Waals surface area contributed by atoms with Crippen molar-refractivity contribution in [3.63, 3.8) is 0 Å². The molecule has 0 saturated heterocycles. The molecule has 1 aromatic heterocycles. The van der Waals surface area contributed by atoms with Gasteiger partial charge in [0, 0.05) is 5.38 Å². The highest BCUT2D eigenvalue weighted by Gasteiger charge is 2.03. The van der Waals surface area contributed by atoms with Gasteiger partial charge in [-0.05, 0) is 37.5 Å². The normalized spacial score (nSPS) is 12.4. The number of hydrogen-bond acceptors (Lipinski definition) is 4. The Morgan fingerprint density at radius 2 is 2.05 bits per heavy atom. The van der Waals surface area contributed by atoms with Gasteiger partial charge in [-0.25, -0.2) is 4.98 Å². The molecule has 2 aromatic rings. The number of hydrogen-bond donors (Lipinski definition) is 1. The zero-order valence-corrected chi connectivity index (χ0v) is 12.1. The highest BCUT2D eigenvalue weighted by molar-refractivity contribution is 7.09. The van der Waals surface area contributed by atoms with Crippen molar-refractivity contribution < 1.29 is 9.84 Å². The average Bonchev–Trinajstić information content (AvgIpc) is 2.85. The summed E-state index contributed by atoms with van der Waals surface area (Å²) < 4.78 is 5.69. The first-order valence-electron chi connectivity index (χ1n) is 6.50. The van der Waals surface area contributed by atoms with E-state index in [4.69, 9.17) is 4.74 Å². The minimum Gasteiger partial charge on any atom is -0.487 e. The quantitative estimate of drug-likeness (QED) is 0.881. The molecule has 1 heterocycles. The molecule has 0 radical (unpaired) electrons. The molecule has 3 nitrogen and oxygen atoms in total. The Hall–Kier alpha value is -1.39. The third-order valence-electron chi connectivity index (χ3n) is 2.74. The molecule has 4 heteroatoms. The van der Waals surface area contributed by atoms with E-state index in [-0.39, 0.29) is 6.10 Å². The summed E-state index contributed by atoms with van der Waals surface area (Å²) in [5.41, 5.74) is 2.10. The van der Waals surface area contributed by atoms with E-state index in [1.165, 1.54) is 0 Å². The third-order valence-corrected chi connectivity index (χ3v) is 3.78. The fourth-order valence-electron chi connectivity index (χ4n) is 1.80. The lowest BCUT2D eigenvalue weighted by atomic mass is 10.1. The third kappa shape index (κ3) is 4.33. The van der Waals surface area contributed by atoms with Crippen molar-refractivity contribution in [1.29, 1.82) is 0 Å². The smallest absolute Gasteiger partial charge is 0.131 e. The first-order valence-corrected chi connectivity index (χ1v) is 7.38. The Kier molecular flexibility index (Phi) is 4.93. The number of aliphatic hydroxyl groups excluding tert-OH is 1. The number of rotatable bonds is 6. The molecule has 0 saturated carbocycles. The van der Waals surface area contributed by atoms with E-state index in [2.05, 4.69) is 11.9 Å². The average molecular weight is 277 g/mol. The van der Waals surface area contributed by atoms with E-state index in [1.807, 2.05) is 29.6 Å². The van der Waals surface area contributed by atoms with Crippen LogP contribution in [-0.2, 0) is 19.4 Å². The maximum absolute atomic E-state index is 9.31. The van der Waals surface area contributed by atoms with Crippen LogP contribution < -0.4 is 4.74 Å². The van der Waals surface area contributed by atoms with Gasteiger partial charge in [-0.2, -0.15) is 0 Å². The highest BCUT2D eigenvalue weighted by Crippen LogP contribution is 2.16. The van der Waals surface area contributed by atoms with Crippen molar-refractivity contribution in [3.8, 4) is 5.75 Å². The molecule has 0 spiro atoms. The second-order valence-electron chi connectivity index (χ2n) is 4.57. The first kappa shape index (κ1) is 14.0. The molecule has 1 unspecified atom stereocenters. The Bertz CT molecular complexity index is 505. The van der Waals surface area contributed by atoms with Gasteiger partial charge in [0.15, 0.2) is 0 Å². The summed E-state index contributed by atoms with van der Waals surface area (Å²) in [6, 6.07) is 7.84.